The summed E-state index contributed by atoms with van der Waals surface area (Å²) in [6.07, 6.45) is -0.638. The zero-order valence-corrected chi connectivity index (χ0v) is 10.9. The topological polar surface area (TPSA) is 41.5 Å². The monoisotopic (exact) mass is 255 g/mol. The van der Waals surface area contributed by atoms with E-state index < -0.39 is 6.10 Å². The molecule has 17 heavy (non-hydrogen) atoms. The third-order valence-corrected chi connectivity index (χ3v) is 2.63. The number of aliphatic hydroxyl groups is 1. The van der Waals surface area contributed by atoms with E-state index in [1.165, 1.54) is 0 Å². The predicted octanol–water partition coefficient (Wildman–Crippen LogP) is 2.55. The van der Waals surface area contributed by atoms with Gasteiger partial charge in [0.2, 0.25) is 0 Å². The third-order valence-electron chi connectivity index (χ3n) is 2.22. The zero-order chi connectivity index (χ0) is 12.8. The zero-order valence-electron chi connectivity index (χ0n) is 10.2. The van der Waals surface area contributed by atoms with Gasteiger partial charge in [0.05, 0.1) is 11.1 Å². The van der Waals surface area contributed by atoms with E-state index in [0.29, 0.717) is 29.5 Å². The van der Waals surface area contributed by atoms with Crippen molar-refractivity contribution in [1.82, 2.24) is 5.32 Å². The Hall–Kier alpha value is -1.03. The van der Waals surface area contributed by atoms with Crippen LogP contribution in [0.5, 0.6) is 5.75 Å². The lowest BCUT2D eigenvalue weighted by atomic mass is 10.1. The molecule has 1 aromatic rings. The van der Waals surface area contributed by atoms with E-state index in [9.17, 15) is 5.11 Å². The Morgan fingerprint density at radius 1 is 1.59 bits per heavy atom. The van der Waals surface area contributed by atoms with Gasteiger partial charge in [0.25, 0.3) is 0 Å². The molecule has 1 rings (SSSR count). The van der Waals surface area contributed by atoms with Gasteiger partial charge in [-0.3, -0.25) is 0 Å². The Morgan fingerprint density at radius 3 is 2.88 bits per heavy atom. The Morgan fingerprint density at radius 2 is 2.29 bits per heavy atom. The average Bonchev–Trinajstić information content (AvgIpc) is 2.27. The Kier molecular flexibility index (Phi) is 5.48. The summed E-state index contributed by atoms with van der Waals surface area (Å²) in [6, 6.07) is 5.38. The van der Waals surface area contributed by atoms with Crippen LogP contribution in [0.2, 0.25) is 5.02 Å². The largest absolute Gasteiger partial charge is 0.488 e. The molecule has 0 aliphatic rings. The summed E-state index contributed by atoms with van der Waals surface area (Å²) in [6.45, 7) is 6.51. The number of likely N-dealkylation sites (N-methyl/N-ethyl adjacent to an activating group) is 1. The summed E-state index contributed by atoms with van der Waals surface area (Å²) in [5, 5.41) is 13.2. The molecule has 0 radical (unpaired) electrons. The van der Waals surface area contributed by atoms with Crippen molar-refractivity contribution in [2.75, 3.05) is 20.2 Å². The molecule has 0 aromatic heterocycles. The highest BCUT2D eigenvalue weighted by Gasteiger charge is 2.14. The molecule has 0 saturated heterocycles. The number of hydrogen-bond donors (Lipinski definition) is 2. The van der Waals surface area contributed by atoms with Crippen molar-refractivity contribution in [3.05, 3.63) is 40.9 Å². The fraction of sp³-hybridized carbons (Fsp3) is 0.385. The first kappa shape index (κ1) is 14.0. The molecular formula is C13H18ClNO2. The van der Waals surface area contributed by atoms with Crippen LogP contribution < -0.4 is 10.1 Å². The molecule has 4 heteroatoms. The van der Waals surface area contributed by atoms with E-state index in [2.05, 4.69) is 11.9 Å². The van der Waals surface area contributed by atoms with Crippen LogP contribution in [0.1, 0.15) is 18.6 Å². The maximum Gasteiger partial charge on any atom is 0.138 e. The van der Waals surface area contributed by atoms with E-state index in [4.69, 9.17) is 16.3 Å². The second kappa shape index (κ2) is 6.64. The molecule has 0 aliphatic heterocycles. The molecule has 1 unspecified atom stereocenters. The predicted molar refractivity (Wildman–Crippen MR) is 70.6 cm³/mol. The normalized spacial score (nSPS) is 12.2. The quantitative estimate of drug-likeness (QED) is 0.768. The molecule has 0 bridgehead atoms. The summed E-state index contributed by atoms with van der Waals surface area (Å²) >= 11 is 6.18. The molecule has 3 nitrogen and oxygen atoms in total. The van der Waals surface area contributed by atoms with Gasteiger partial charge in [-0.1, -0.05) is 30.3 Å². The number of ether oxygens (including phenoxy) is 1. The molecule has 0 heterocycles. The van der Waals surface area contributed by atoms with Crippen LogP contribution in [0.15, 0.2) is 30.4 Å². The number of halogens is 1. The van der Waals surface area contributed by atoms with Crippen LogP contribution in [0.4, 0.5) is 0 Å². The van der Waals surface area contributed by atoms with Crippen molar-refractivity contribution in [3.8, 4) is 5.75 Å². The number of rotatable bonds is 6. The van der Waals surface area contributed by atoms with E-state index in [1.807, 2.05) is 13.0 Å². The minimum absolute atomic E-state index is 0.422. The Bertz CT molecular complexity index is 393. The maximum absolute atomic E-state index is 9.88. The first-order valence-electron chi connectivity index (χ1n) is 5.44. The smallest absolute Gasteiger partial charge is 0.138 e. The van der Waals surface area contributed by atoms with Gasteiger partial charge in [0.1, 0.15) is 12.4 Å². The highest BCUT2D eigenvalue weighted by atomic mass is 35.5. The molecule has 0 aliphatic carbocycles. The summed E-state index contributed by atoms with van der Waals surface area (Å²) < 4.78 is 5.50. The highest BCUT2D eigenvalue weighted by molar-refractivity contribution is 6.32. The Balaban J connectivity index is 2.86. The number of nitrogens with one attached hydrogen (secondary N) is 1. The maximum atomic E-state index is 9.88. The van der Waals surface area contributed by atoms with Crippen molar-refractivity contribution >= 4 is 11.6 Å². The van der Waals surface area contributed by atoms with Crippen molar-refractivity contribution in [2.24, 2.45) is 0 Å². The lowest BCUT2D eigenvalue weighted by Gasteiger charge is -2.15. The molecule has 94 valence electrons. The van der Waals surface area contributed by atoms with Crippen LogP contribution in [-0.4, -0.2) is 25.3 Å². The first-order chi connectivity index (χ1) is 8.06. The summed E-state index contributed by atoms with van der Waals surface area (Å²) in [7, 11) is 1.78. The van der Waals surface area contributed by atoms with Crippen LogP contribution >= 0.6 is 11.6 Å². The second-order valence-electron chi connectivity index (χ2n) is 3.98. The van der Waals surface area contributed by atoms with Crippen molar-refractivity contribution in [3.63, 3.8) is 0 Å². The molecule has 0 amide bonds. The fourth-order valence-corrected chi connectivity index (χ4v) is 1.71. The van der Waals surface area contributed by atoms with Crippen LogP contribution in [-0.2, 0) is 0 Å². The van der Waals surface area contributed by atoms with Crippen molar-refractivity contribution in [2.45, 2.75) is 13.0 Å². The summed E-state index contributed by atoms with van der Waals surface area (Å²) in [4.78, 5) is 0. The van der Waals surface area contributed by atoms with Crippen LogP contribution in [0, 0.1) is 0 Å². The van der Waals surface area contributed by atoms with E-state index >= 15 is 0 Å². The van der Waals surface area contributed by atoms with Crippen molar-refractivity contribution in [1.29, 1.82) is 0 Å². The summed E-state index contributed by atoms with van der Waals surface area (Å²) in [5.74, 6) is 0.572. The van der Waals surface area contributed by atoms with Gasteiger partial charge in [-0.15, -0.1) is 0 Å². The molecule has 1 aromatic carbocycles. The minimum atomic E-state index is -0.638. The minimum Gasteiger partial charge on any atom is -0.488 e. The highest BCUT2D eigenvalue weighted by Crippen LogP contribution is 2.32. The van der Waals surface area contributed by atoms with Crippen LogP contribution in [0.3, 0.4) is 0 Å². The first-order valence-corrected chi connectivity index (χ1v) is 5.82. The Labute approximate surface area is 107 Å². The number of hydrogen-bond acceptors (Lipinski definition) is 3. The molecule has 0 fully saturated rings. The molecule has 0 saturated carbocycles. The van der Waals surface area contributed by atoms with E-state index in [-0.39, 0.29) is 0 Å². The van der Waals surface area contributed by atoms with Gasteiger partial charge in [-0.05, 0) is 25.6 Å². The fourth-order valence-electron chi connectivity index (χ4n) is 1.40. The molecular weight excluding hydrogens is 238 g/mol. The van der Waals surface area contributed by atoms with Gasteiger partial charge in [0.15, 0.2) is 0 Å². The third kappa shape index (κ3) is 4.04. The molecule has 2 N–H and O–H groups in total. The molecule has 1 atom stereocenters. The van der Waals surface area contributed by atoms with Gasteiger partial charge < -0.3 is 15.2 Å². The van der Waals surface area contributed by atoms with E-state index in [1.54, 1.807) is 19.2 Å². The van der Waals surface area contributed by atoms with Gasteiger partial charge in [-0.2, -0.15) is 0 Å². The lowest BCUT2D eigenvalue weighted by molar-refractivity contribution is 0.177. The second-order valence-corrected chi connectivity index (χ2v) is 4.36. The summed E-state index contributed by atoms with van der Waals surface area (Å²) in [5.41, 5.74) is 1.59. The standard InChI is InChI=1S/C13H18ClNO2/c1-9(2)8-17-12-6-4-5-10(13(12)14)11(16)7-15-3/h4-6,11,15-16H,1,7-8H2,2-3H3. The number of aliphatic hydroxyl groups excluding tert-OH is 1. The molecule has 0 spiro atoms. The lowest BCUT2D eigenvalue weighted by Crippen LogP contribution is -2.17. The average molecular weight is 256 g/mol. The van der Waals surface area contributed by atoms with Gasteiger partial charge in [-0.25, -0.2) is 0 Å². The van der Waals surface area contributed by atoms with E-state index in [0.717, 1.165) is 5.57 Å². The van der Waals surface area contributed by atoms with Crippen LogP contribution in [0.25, 0.3) is 0 Å². The van der Waals surface area contributed by atoms with Gasteiger partial charge in [0, 0.05) is 12.1 Å². The SMILES string of the molecule is C=C(C)COc1cccc(C(O)CNC)c1Cl. The van der Waals surface area contributed by atoms with Gasteiger partial charge >= 0.3 is 0 Å². The number of benzene rings is 1. The van der Waals surface area contributed by atoms with Crippen molar-refractivity contribution < 1.29 is 9.84 Å².